The normalized spacial score (nSPS) is 35.3. The molecule has 104 valence electrons. The Balaban J connectivity index is 2.00. The highest BCUT2D eigenvalue weighted by Crippen LogP contribution is 2.25. The minimum Gasteiger partial charge on any atom is -0.379 e. The van der Waals surface area contributed by atoms with Gasteiger partial charge in [0, 0.05) is 37.8 Å². The van der Waals surface area contributed by atoms with Gasteiger partial charge in [-0.3, -0.25) is 4.90 Å². The third kappa shape index (κ3) is 3.38. The summed E-state index contributed by atoms with van der Waals surface area (Å²) in [5, 5.41) is 7.21. The van der Waals surface area contributed by atoms with E-state index in [9.17, 15) is 0 Å². The fourth-order valence-electron chi connectivity index (χ4n) is 2.74. The summed E-state index contributed by atoms with van der Waals surface area (Å²) in [6, 6.07) is 2.20. The highest BCUT2D eigenvalue weighted by molar-refractivity contribution is 6.29. The molecule has 5 heteroatoms. The van der Waals surface area contributed by atoms with Crippen molar-refractivity contribution in [3.63, 3.8) is 0 Å². The van der Waals surface area contributed by atoms with Gasteiger partial charge < -0.3 is 15.4 Å². The summed E-state index contributed by atoms with van der Waals surface area (Å²) < 4.78 is 5.52. The number of halogens is 1. The van der Waals surface area contributed by atoms with Crippen LogP contribution in [0.15, 0.2) is 11.2 Å². The first-order chi connectivity index (χ1) is 8.63. The molecular formula is C13H24ClN3O. The maximum absolute atomic E-state index is 6.03. The van der Waals surface area contributed by atoms with E-state index in [1.165, 1.54) is 0 Å². The molecule has 4 nitrogen and oxygen atoms in total. The maximum atomic E-state index is 6.03. The molecule has 0 aromatic heterocycles. The highest BCUT2D eigenvalue weighted by Gasteiger charge is 2.42. The topological polar surface area (TPSA) is 46.4 Å². The SMILES string of the molecule is CN/C(Cl)=C\C[C@H](C1NC1C)N1CCOC[C@H]1C. The summed E-state index contributed by atoms with van der Waals surface area (Å²) in [5.74, 6) is 0. The van der Waals surface area contributed by atoms with Crippen molar-refractivity contribution in [1.29, 1.82) is 0 Å². The van der Waals surface area contributed by atoms with Gasteiger partial charge in [0.25, 0.3) is 0 Å². The number of nitrogens with one attached hydrogen (secondary N) is 2. The fourth-order valence-corrected chi connectivity index (χ4v) is 2.83. The number of hydrogen-bond donors (Lipinski definition) is 2. The maximum Gasteiger partial charge on any atom is 0.0975 e. The van der Waals surface area contributed by atoms with Crippen molar-refractivity contribution in [1.82, 2.24) is 15.5 Å². The average molecular weight is 274 g/mol. The van der Waals surface area contributed by atoms with Gasteiger partial charge in [-0.2, -0.15) is 0 Å². The molecule has 0 aliphatic carbocycles. The van der Waals surface area contributed by atoms with Crippen LogP contribution in [-0.2, 0) is 4.74 Å². The first kappa shape index (κ1) is 14.1. The molecule has 0 aromatic carbocycles. The third-order valence-electron chi connectivity index (χ3n) is 3.92. The van der Waals surface area contributed by atoms with Crippen molar-refractivity contribution >= 4 is 11.6 Å². The van der Waals surface area contributed by atoms with Crippen LogP contribution in [0.1, 0.15) is 20.3 Å². The fraction of sp³-hybridized carbons (Fsp3) is 0.846. The van der Waals surface area contributed by atoms with Gasteiger partial charge in [0.05, 0.1) is 18.4 Å². The lowest BCUT2D eigenvalue weighted by Gasteiger charge is -2.39. The van der Waals surface area contributed by atoms with Crippen LogP contribution in [0.3, 0.4) is 0 Å². The van der Waals surface area contributed by atoms with E-state index < -0.39 is 0 Å². The molecule has 2 rings (SSSR count). The van der Waals surface area contributed by atoms with Crippen LogP contribution in [0.5, 0.6) is 0 Å². The number of nitrogens with zero attached hydrogens (tertiary/aromatic N) is 1. The van der Waals surface area contributed by atoms with Crippen LogP contribution in [0, 0.1) is 0 Å². The van der Waals surface area contributed by atoms with Crippen molar-refractivity contribution in [3.8, 4) is 0 Å². The molecule has 2 unspecified atom stereocenters. The summed E-state index contributed by atoms with van der Waals surface area (Å²) in [6.07, 6.45) is 3.06. The predicted octanol–water partition coefficient (Wildman–Crippen LogP) is 1.13. The van der Waals surface area contributed by atoms with Crippen molar-refractivity contribution in [3.05, 3.63) is 11.2 Å². The van der Waals surface area contributed by atoms with Gasteiger partial charge in [-0.25, -0.2) is 0 Å². The molecule has 0 bridgehead atoms. The molecule has 2 saturated heterocycles. The molecule has 0 saturated carbocycles. The van der Waals surface area contributed by atoms with Crippen LogP contribution < -0.4 is 10.6 Å². The average Bonchev–Trinajstić information content (AvgIpc) is 3.08. The summed E-state index contributed by atoms with van der Waals surface area (Å²) in [7, 11) is 1.85. The predicted molar refractivity (Wildman–Crippen MR) is 74.8 cm³/mol. The van der Waals surface area contributed by atoms with Crippen LogP contribution in [-0.4, -0.2) is 55.9 Å². The van der Waals surface area contributed by atoms with Gasteiger partial charge in [0.1, 0.15) is 0 Å². The summed E-state index contributed by atoms with van der Waals surface area (Å²) >= 11 is 6.03. The quantitative estimate of drug-likeness (QED) is 0.582. The molecule has 2 aliphatic heterocycles. The minimum absolute atomic E-state index is 0.486. The second-order valence-corrected chi connectivity index (χ2v) is 5.66. The highest BCUT2D eigenvalue weighted by atomic mass is 35.5. The van der Waals surface area contributed by atoms with E-state index in [1.54, 1.807) is 0 Å². The summed E-state index contributed by atoms with van der Waals surface area (Å²) in [4.78, 5) is 2.56. The molecule has 4 atom stereocenters. The van der Waals surface area contributed by atoms with Crippen LogP contribution >= 0.6 is 11.6 Å². The zero-order valence-electron chi connectivity index (χ0n) is 11.4. The zero-order valence-corrected chi connectivity index (χ0v) is 12.2. The second-order valence-electron chi connectivity index (χ2n) is 5.25. The van der Waals surface area contributed by atoms with Crippen LogP contribution in [0.2, 0.25) is 0 Å². The van der Waals surface area contributed by atoms with Gasteiger partial charge in [-0.1, -0.05) is 11.6 Å². The summed E-state index contributed by atoms with van der Waals surface area (Å²) in [5.41, 5.74) is 0. The Morgan fingerprint density at radius 1 is 1.61 bits per heavy atom. The Morgan fingerprint density at radius 3 is 2.89 bits per heavy atom. The molecule has 0 spiro atoms. The van der Waals surface area contributed by atoms with Crippen LogP contribution in [0.4, 0.5) is 0 Å². The van der Waals surface area contributed by atoms with Gasteiger partial charge in [0.15, 0.2) is 0 Å². The van der Waals surface area contributed by atoms with Gasteiger partial charge >= 0.3 is 0 Å². The van der Waals surface area contributed by atoms with E-state index in [0.717, 1.165) is 31.3 Å². The Bertz CT molecular complexity index is 311. The second kappa shape index (κ2) is 6.24. The zero-order chi connectivity index (χ0) is 13.1. The van der Waals surface area contributed by atoms with Crippen molar-refractivity contribution in [2.45, 2.75) is 44.4 Å². The van der Waals surface area contributed by atoms with Gasteiger partial charge in [-0.15, -0.1) is 0 Å². The minimum atomic E-state index is 0.486. The van der Waals surface area contributed by atoms with E-state index in [4.69, 9.17) is 16.3 Å². The lowest BCUT2D eigenvalue weighted by Crippen LogP contribution is -2.52. The Labute approximate surface area is 115 Å². The van der Waals surface area contributed by atoms with Gasteiger partial charge in [0.2, 0.25) is 0 Å². The third-order valence-corrected chi connectivity index (χ3v) is 4.27. The number of hydrogen-bond acceptors (Lipinski definition) is 4. The molecule has 2 N–H and O–H groups in total. The van der Waals surface area contributed by atoms with E-state index >= 15 is 0 Å². The molecule has 0 radical (unpaired) electrons. The molecule has 2 fully saturated rings. The number of ether oxygens (including phenoxy) is 1. The van der Waals surface area contributed by atoms with E-state index in [2.05, 4.69) is 35.5 Å². The first-order valence-corrected chi connectivity index (χ1v) is 7.14. The van der Waals surface area contributed by atoms with E-state index in [0.29, 0.717) is 24.2 Å². The smallest absolute Gasteiger partial charge is 0.0975 e. The van der Waals surface area contributed by atoms with Crippen molar-refractivity contribution < 1.29 is 4.74 Å². The largest absolute Gasteiger partial charge is 0.379 e. The lowest BCUT2D eigenvalue weighted by molar-refractivity contribution is -0.0219. The van der Waals surface area contributed by atoms with Crippen molar-refractivity contribution in [2.24, 2.45) is 0 Å². The van der Waals surface area contributed by atoms with Gasteiger partial charge in [-0.05, 0) is 26.3 Å². The molecule has 18 heavy (non-hydrogen) atoms. The molecule has 2 heterocycles. The van der Waals surface area contributed by atoms with Crippen molar-refractivity contribution in [2.75, 3.05) is 26.8 Å². The standard InChI is InChI=1S/C13H24ClN3O/c1-9-8-18-7-6-17(9)11(13-10(2)16-13)4-5-12(14)15-3/h5,9-11,13,15-16H,4,6-8H2,1-3H3/b12-5-/t9-,10?,11-,13?/m1/s1. The Hall–Kier alpha value is -0.290. The Morgan fingerprint density at radius 2 is 2.33 bits per heavy atom. The molecular weight excluding hydrogens is 250 g/mol. The lowest BCUT2D eigenvalue weighted by atomic mass is 10.0. The van der Waals surface area contributed by atoms with E-state index in [1.807, 2.05) is 7.05 Å². The molecule has 0 amide bonds. The summed E-state index contributed by atoms with van der Waals surface area (Å²) in [6.45, 7) is 7.17. The van der Waals surface area contributed by atoms with Crippen LogP contribution in [0.25, 0.3) is 0 Å². The number of morpholine rings is 1. The monoisotopic (exact) mass is 273 g/mol. The Kier molecular flexibility index (Phi) is 4.90. The van der Waals surface area contributed by atoms with E-state index in [-0.39, 0.29) is 0 Å². The first-order valence-electron chi connectivity index (χ1n) is 6.76. The number of rotatable bonds is 5. The molecule has 0 aromatic rings. The molecule has 2 aliphatic rings.